The highest BCUT2D eigenvalue weighted by Crippen LogP contribution is 2.36. The van der Waals surface area contributed by atoms with Crippen molar-refractivity contribution < 1.29 is 17.6 Å². The maximum Gasteiger partial charge on any atom is 0.339 e. The number of anilines is 1. The molecule has 1 aliphatic rings. The molecule has 0 saturated heterocycles. The van der Waals surface area contributed by atoms with Crippen LogP contribution in [0.1, 0.15) is 16.7 Å². The van der Waals surface area contributed by atoms with E-state index in [1.807, 2.05) is 24.3 Å². The molecular weight excluding hydrogens is 403 g/mol. The maximum absolute atomic E-state index is 13.3. The lowest BCUT2D eigenvalue weighted by Gasteiger charge is -2.36. The Bertz CT molecular complexity index is 1210. The lowest BCUT2D eigenvalue weighted by atomic mass is 10.1. The fraction of sp³-hybridized carbons (Fsp3) is 0.0870. The number of carbonyl (C=O) groups excluding carboxylic acids is 1. The van der Waals surface area contributed by atoms with Gasteiger partial charge in [-0.3, -0.25) is 4.90 Å². The summed E-state index contributed by atoms with van der Waals surface area (Å²) in [7, 11) is -4.04. The van der Waals surface area contributed by atoms with E-state index in [0.717, 1.165) is 15.4 Å². The number of fused-ring (bicyclic) bond motifs is 1. The van der Waals surface area contributed by atoms with Crippen LogP contribution in [0.4, 0.5) is 14.9 Å². The summed E-state index contributed by atoms with van der Waals surface area (Å²) in [5.41, 5.74) is 2.66. The van der Waals surface area contributed by atoms with Crippen molar-refractivity contribution in [2.75, 3.05) is 4.90 Å². The van der Waals surface area contributed by atoms with E-state index in [9.17, 15) is 17.6 Å². The topological polar surface area (TPSA) is 57.7 Å². The van der Waals surface area contributed by atoms with Gasteiger partial charge in [-0.2, -0.15) is 0 Å². The summed E-state index contributed by atoms with van der Waals surface area (Å²) in [6.45, 7) is 3.76. The van der Waals surface area contributed by atoms with Crippen molar-refractivity contribution in [3.63, 3.8) is 0 Å². The van der Waals surface area contributed by atoms with E-state index in [2.05, 4.69) is 6.58 Å². The standard InChI is InChI=1S/C23H19FN2O3S/c1-2-17-7-9-18(10-8-17)15-25-21-5-3-4-6-22(21)30(28,29)26(23(25)27)16-19-11-13-20(24)14-12-19/h2-14H,1,15-16H2. The van der Waals surface area contributed by atoms with Crippen LogP contribution in [0.25, 0.3) is 6.08 Å². The molecule has 30 heavy (non-hydrogen) atoms. The molecule has 0 fully saturated rings. The van der Waals surface area contributed by atoms with E-state index in [0.29, 0.717) is 11.3 Å². The number of amides is 2. The summed E-state index contributed by atoms with van der Waals surface area (Å²) in [4.78, 5) is 14.8. The maximum atomic E-state index is 13.3. The predicted octanol–water partition coefficient (Wildman–Crippen LogP) is 4.80. The van der Waals surface area contributed by atoms with Crippen LogP contribution < -0.4 is 4.90 Å². The first-order valence-corrected chi connectivity index (χ1v) is 10.7. The smallest absolute Gasteiger partial charge is 0.288 e. The molecule has 0 bridgehead atoms. The number of rotatable bonds is 5. The first kappa shape index (κ1) is 19.8. The molecule has 3 aromatic rings. The zero-order valence-electron chi connectivity index (χ0n) is 16.0. The third-order valence-electron chi connectivity index (χ3n) is 4.96. The Hall–Kier alpha value is -3.45. The van der Waals surface area contributed by atoms with Crippen LogP contribution >= 0.6 is 0 Å². The van der Waals surface area contributed by atoms with Gasteiger partial charge in [0.05, 0.1) is 18.8 Å². The Morgan fingerprint density at radius 1 is 0.867 bits per heavy atom. The van der Waals surface area contributed by atoms with Gasteiger partial charge in [-0.25, -0.2) is 21.9 Å². The Kier molecular flexibility index (Phi) is 5.13. The molecule has 0 N–H and O–H groups in total. The van der Waals surface area contributed by atoms with Gasteiger partial charge in [-0.1, -0.05) is 61.2 Å². The monoisotopic (exact) mass is 422 g/mol. The van der Waals surface area contributed by atoms with Gasteiger partial charge in [0.25, 0.3) is 10.0 Å². The molecule has 4 rings (SSSR count). The molecule has 2 amide bonds. The summed E-state index contributed by atoms with van der Waals surface area (Å²) >= 11 is 0. The Morgan fingerprint density at radius 2 is 1.47 bits per heavy atom. The SMILES string of the molecule is C=Cc1ccc(CN2C(=O)N(Cc3ccc(F)cc3)S(=O)(=O)c3ccccc32)cc1. The van der Waals surface area contributed by atoms with E-state index < -0.39 is 21.9 Å². The van der Waals surface area contributed by atoms with Crippen molar-refractivity contribution in [3.8, 4) is 0 Å². The minimum Gasteiger partial charge on any atom is -0.288 e. The molecule has 152 valence electrons. The fourth-order valence-corrected chi connectivity index (χ4v) is 4.91. The molecular formula is C23H19FN2O3S. The van der Waals surface area contributed by atoms with Gasteiger partial charge in [-0.05, 0) is 41.0 Å². The summed E-state index contributed by atoms with van der Waals surface area (Å²) in [5, 5.41) is 0. The van der Waals surface area contributed by atoms with E-state index in [4.69, 9.17) is 0 Å². The van der Waals surface area contributed by atoms with Crippen LogP contribution in [0.15, 0.2) is 84.3 Å². The van der Waals surface area contributed by atoms with Gasteiger partial charge in [0.2, 0.25) is 0 Å². The summed E-state index contributed by atoms with van der Waals surface area (Å²) in [6.07, 6.45) is 1.72. The highest BCUT2D eigenvalue weighted by atomic mass is 32.2. The van der Waals surface area contributed by atoms with Crippen molar-refractivity contribution in [1.82, 2.24) is 4.31 Å². The number of hydrogen-bond donors (Lipinski definition) is 0. The molecule has 0 atom stereocenters. The normalized spacial score (nSPS) is 15.0. The average molecular weight is 422 g/mol. The number of sulfonamides is 1. The molecule has 7 heteroatoms. The second-order valence-electron chi connectivity index (χ2n) is 6.92. The zero-order valence-corrected chi connectivity index (χ0v) is 16.8. The summed E-state index contributed by atoms with van der Waals surface area (Å²) in [6, 6.07) is 18.7. The first-order chi connectivity index (χ1) is 14.4. The molecule has 3 aromatic carbocycles. The van der Waals surface area contributed by atoms with Crippen LogP contribution in [-0.2, 0) is 23.1 Å². The average Bonchev–Trinajstić information content (AvgIpc) is 2.76. The summed E-state index contributed by atoms with van der Waals surface area (Å²) in [5.74, 6) is -0.429. The second kappa shape index (κ2) is 7.76. The minimum atomic E-state index is -4.04. The minimum absolute atomic E-state index is 0.0643. The fourth-order valence-electron chi connectivity index (χ4n) is 3.36. The molecule has 1 heterocycles. The third kappa shape index (κ3) is 3.59. The molecule has 0 spiro atoms. The van der Waals surface area contributed by atoms with Gasteiger partial charge in [0, 0.05) is 0 Å². The molecule has 0 aliphatic carbocycles. The van der Waals surface area contributed by atoms with Gasteiger partial charge in [0.1, 0.15) is 10.7 Å². The first-order valence-electron chi connectivity index (χ1n) is 9.29. The third-order valence-corrected chi connectivity index (χ3v) is 6.73. The van der Waals surface area contributed by atoms with Gasteiger partial charge < -0.3 is 0 Å². The van der Waals surface area contributed by atoms with Crippen LogP contribution in [-0.4, -0.2) is 18.8 Å². The van der Waals surface area contributed by atoms with Crippen molar-refractivity contribution in [3.05, 3.63) is 102 Å². The zero-order chi connectivity index (χ0) is 21.3. The Balaban J connectivity index is 1.74. The van der Waals surface area contributed by atoms with E-state index in [1.165, 1.54) is 35.2 Å². The predicted molar refractivity (Wildman–Crippen MR) is 114 cm³/mol. The number of halogens is 1. The van der Waals surface area contributed by atoms with E-state index >= 15 is 0 Å². The number of nitrogens with zero attached hydrogens (tertiary/aromatic N) is 2. The molecule has 1 aliphatic heterocycles. The highest BCUT2D eigenvalue weighted by Gasteiger charge is 2.41. The van der Waals surface area contributed by atoms with Crippen LogP contribution in [0.3, 0.4) is 0 Å². The number of urea groups is 1. The second-order valence-corrected chi connectivity index (χ2v) is 8.75. The number of benzene rings is 3. The van der Waals surface area contributed by atoms with Crippen molar-refractivity contribution in [2.24, 2.45) is 0 Å². The van der Waals surface area contributed by atoms with E-state index in [1.54, 1.807) is 24.3 Å². The van der Waals surface area contributed by atoms with E-state index in [-0.39, 0.29) is 18.0 Å². The van der Waals surface area contributed by atoms with Crippen molar-refractivity contribution in [1.29, 1.82) is 0 Å². The van der Waals surface area contributed by atoms with Crippen LogP contribution in [0.5, 0.6) is 0 Å². The number of carbonyl (C=O) groups is 1. The van der Waals surface area contributed by atoms with Crippen LogP contribution in [0, 0.1) is 5.82 Å². The lowest BCUT2D eigenvalue weighted by molar-refractivity contribution is 0.226. The Labute approximate surface area is 174 Å². The number of para-hydroxylation sites is 1. The summed E-state index contributed by atoms with van der Waals surface area (Å²) < 4.78 is 40.4. The van der Waals surface area contributed by atoms with Crippen molar-refractivity contribution in [2.45, 2.75) is 18.0 Å². The lowest BCUT2D eigenvalue weighted by Crippen LogP contribution is -2.49. The van der Waals surface area contributed by atoms with Gasteiger partial charge in [0.15, 0.2) is 0 Å². The molecule has 5 nitrogen and oxygen atoms in total. The quantitative estimate of drug-likeness (QED) is 0.594. The van der Waals surface area contributed by atoms with Crippen molar-refractivity contribution >= 4 is 27.8 Å². The van der Waals surface area contributed by atoms with Gasteiger partial charge in [-0.15, -0.1) is 0 Å². The largest absolute Gasteiger partial charge is 0.339 e. The highest BCUT2D eigenvalue weighted by molar-refractivity contribution is 7.90. The molecule has 0 unspecified atom stereocenters. The number of hydrogen-bond acceptors (Lipinski definition) is 3. The van der Waals surface area contributed by atoms with Gasteiger partial charge >= 0.3 is 6.03 Å². The molecule has 0 aromatic heterocycles. The van der Waals surface area contributed by atoms with Crippen LogP contribution in [0.2, 0.25) is 0 Å². The molecule has 0 radical (unpaired) electrons. The Morgan fingerprint density at radius 3 is 2.13 bits per heavy atom. The molecule has 0 saturated carbocycles.